The van der Waals surface area contributed by atoms with Gasteiger partial charge in [0.05, 0.1) is 11.5 Å². The third kappa shape index (κ3) is 4.46. The van der Waals surface area contributed by atoms with Gasteiger partial charge in [-0.15, -0.1) is 0 Å². The van der Waals surface area contributed by atoms with E-state index >= 15 is 0 Å². The molecule has 0 aliphatic carbocycles. The summed E-state index contributed by atoms with van der Waals surface area (Å²) in [5.74, 6) is 7.00. The zero-order valence-corrected chi connectivity index (χ0v) is 14.7. The summed E-state index contributed by atoms with van der Waals surface area (Å²) in [7, 11) is -4.05. The molecule has 0 fully saturated rings. The maximum Gasteiger partial charge on any atom is 0.289 e. The number of sulfonamides is 1. The first-order valence-corrected chi connectivity index (χ1v) is 9.17. The molecule has 0 amide bonds. The van der Waals surface area contributed by atoms with Crippen LogP contribution in [0.1, 0.15) is 0 Å². The number of nitro groups is 1. The number of para-hydroxylation sites is 1. The van der Waals surface area contributed by atoms with Crippen LogP contribution in [0.3, 0.4) is 0 Å². The first-order chi connectivity index (χ1) is 13.0. The second-order valence-electron chi connectivity index (χ2n) is 5.21. The number of ether oxygens (including phenoxy) is 3. The number of nitrogens with one attached hydrogen (secondary N) is 1. The minimum absolute atomic E-state index is 0.0346. The van der Waals surface area contributed by atoms with E-state index in [9.17, 15) is 18.5 Å². The minimum Gasteiger partial charge on any atom is -0.481 e. The fourth-order valence-electron chi connectivity index (χ4n) is 2.24. The topological polar surface area (TPSA) is 117 Å². The lowest BCUT2D eigenvalue weighted by molar-refractivity contribution is -0.387. The highest BCUT2D eigenvalue weighted by Gasteiger charge is 2.24. The van der Waals surface area contributed by atoms with E-state index in [-0.39, 0.29) is 19.9 Å². The molecular weight excluding hydrogens is 376 g/mol. The van der Waals surface area contributed by atoms with Gasteiger partial charge >= 0.3 is 0 Å². The molecule has 0 saturated heterocycles. The monoisotopic (exact) mass is 390 g/mol. The number of rotatable bonds is 6. The van der Waals surface area contributed by atoms with E-state index in [1.165, 1.54) is 12.1 Å². The summed E-state index contributed by atoms with van der Waals surface area (Å²) in [6, 6.07) is 10.2. The fraction of sp³-hybridized carbons (Fsp3) is 0.176. The van der Waals surface area contributed by atoms with Gasteiger partial charge in [0.15, 0.2) is 16.4 Å². The average Bonchev–Trinajstić information content (AvgIpc) is 3.12. The molecule has 1 aliphatic rings. The number of nitrogens with zero attached hydrogens (tertiary/aromatic N) is 1. The Hall–Kier alpha value is -3.29. The zero-order valence-electron chi connectivity index (χ0n) is 13.9. The molecule has 140 valence electrons. The Bertz CT molecular complexity index is 1030. The van der Waals surface area contributed by atoms with Gasteiger partial charge in [0.25, 0.3) is 5.69 Å². The van der Waals surface area contributed by atoms with Crippen molar-refractivity contribution in [2.75, 3.05) is 19.9 Å². The van der Waals surface area contributed by atoms with Crippen molar-refractivity contribution >= 4 is 15.7 Å². The molecule has 2 aromatic rings. The average molecular weight is 390 g/mol. The Kier molecular flexibility index (Phi) is 5.44. The molecule has 27 heavy (non-hydrogen) atoms. The second kappa shape index (κ2) is 7.94. The molecule has 3 rings (SSSR count). The highest BCUT2D eigenvalue weighted by molar-refractivity contribution is 7.89. The van der Waals surface area contributed by atoms with Crippen LogP contribution in [0.4, 0.5) is 5.69 Å². The largest absolute Gasteiger partial charge is 0.481 e. The summed E-state index contributed by atoms with van der Waals surface area (Å²) < 4.78 is 42.4. The van der Waals surface area contributed by atoms with Gasteiger partial charge in [0.2, 0.25) is 16.8 Å². The van der Waals surface area contributed by atoms with Gasteiger partial charge in [-0.05, 0) is 18.2 Å². The van der Waals surface area contributed by atoms with Crippen molar-refractivity contribution in [1.29, 1.82) is 0 Å². The predicted molar refractivity (Wildman–Crippen MR) is 94.1 cm³/mol. The standard InChI is InChI=1S/C17H14N2O7S/c20-19(21)14-5-1-2-6-17(14)27(22,23)18-9-3-4-10-24-13-7-8-15-16(11-13)26-12-25-15/h1-2,5-8,11,18H,9-10,12H2. The Morgan fingerprint density at radius 1 is 1.15 bits per heavy atom. The summed E-state index contributed by atoms with van der Waals surface area (Å²) in [6.45, 7) is -0.00987. The number of hydrogen-bond acceptors (Lipinski definition) is 7. The van der Waals surface area contributed by atoms with Gasteiger partial charge in [-0.25, -0.2) is 8.42 Å². The molecule has 0 atom stereocenters. The minimum atomic E-state index is -4.05. The summed E-state index contributed by atoms with van der Waals surface area (Å²) in [5, 5.41) is 10.9. The van der Waals surface area contributed by atoms with E-state index in [1.54, 1.807) is 18.2 Å². The summed E-state index contributed by atoms with van der Waals surface area (Å²) in [6.07, 6.45) is 0. The van der Waals surface area contributed by atoms with Crippen LogP contribution in [0.2, 0.25) is 0 Å². The van der Waals surface area contributed by atoms with Crippen molar-refractivity contribution in [2.24, 2.45) is 0 Å². The fourth-order valence-corrected chi connectivity index (χ4v) is 3.34. The Morgan fingerprint density at radius 3 is 2.74 bits per heavy atom. The number of hydrogen-bond donors (Lipinski definition) is 1. The molecule has 2 aromatic carbocycles. The van der Waals surface area contributed by atoms with Crippen molar-refractivity contribution in [3.8, 4) is 29.1 Å². The summed E-state index contributed by atoms with van der Waals surface area (Å²) in [4.78, 5) is 9.78. The van der Waals surface area contributed by atoms with Crippen LogP contribution in [0, 0.1) is 22.0 Å². The van der Waals surface area contributed by atoms with Crippen LogP contribution in [0.15, 0.2) is 47.4 Å². The molecule has 0 spiro atoms. The lowest BCUT2D eigenvalue weighted by atomic mass is 10.3. The van der Waals surface area contributed by atoms with Crippen LogP contribution in [-0.4, -0.2) is 33.3 Å². The van der Waals surface area contributed by atoms with E-state index in [2.05, 4.69) is 16.6 Å². The number of benzene rings is 2. The normalized spacial score (nSPS) is 12.1. The lowest BCUT2D eigenvalue weighted by Gasteiger charge is -2.04. The molecule has 0 saturated carbocycles. The molecular formula is C17H14N2O7S. The summed E-state index contributed by atoms with van der Waals surface area (Å²) >= 11 is 0. The van der Waals surface area contributed by atoms with Crippen molar-refractivity contribution in [2.45, 2.75) is 4.90 Å². The van der Waals surface area contributed by atoms with Crippen LogP contribution >= 0.6 is 0 Å². The highest BCUT2D eigenvalue weighted by Crippen LogP contribution is 2.34. The molecule has 0 bridgehead atoms. The maximum atomic E-state index is 12.2. The molecule has 0 aromatic heterocycles. The van der Waals surface area contributed by atoms with E-state index in [0.29, 0.717) is 17.2 Å². The van der Waals surface area contributed by atoms with Crippen LogP contribution in [0.25, 0.3) is 0 Å². The molecule has 0 unspecified atom stereocenters. The smallest absolute Gasteiger partial charge is 0.289 e. The highest BCUT2D eigenvalue weighted by atomic mass is 32.2. The van der Waals surface area contributed by atoms with Gasteiger partial charge in [-0.3, -0.25) is 10.1 Å². The van der Waals surface area contributed by atoms with E-state index in [4.69, 9.17) is 14.2 Å². The van der Waals surface area contributed by atoms with Crippen molar-refractivity contribution in [1.82, 2.24) is 4.72 Å². The quantitative estimate of drug-likeness (QED) is 0.453. The van der Waals surface area contributed by atoms with Crippen molar-refractivity contribution in [3.63, 3.8) is 0 Å². The molecule has 10 heteroatoms. The third-order valence-electron chi connectivity index (χ3n) is 3.48. The van der Waals surface area contributed by atoms with Gasteiger partial charge in [-0.1, -0.05) is 24.0 Å². The lowest BCUT2D eigenvalue weighted by Crippen LogP contribution is -2.24. The maximum absolute atomic E-state index is 12.2. The third-order valence-corrected chi connectivity index (χ3v) is 4.93. The van der Waals surface area contributed by atoms with Gasteiger partial charge < -0.3 is 14.2 Å². The number of nitro benzene ring substituents is 1. The second-order valence-corrected chi connectivity index (χ2v) is 6.94. The first kappa shape index (κ1) is 18.5. The van der Waals surface area contributed by atoms with Gasteiger partial charge in [-0.2, -0.15) is 4.72 Å². The van der Waals surface area contributed by atoms with E-state index in [0.717, 1.165) is 12.1 Å². The SMILES string of the molecule is O=[N+]([O-])c1ccccc1S(=O)(=O)NCC#CCOc1ccc2c(c1)OCO2. The number of fused-ring (bicyclic) bond motifs is 1. The van der Waals surface area contributed by atoms with E-state index in [1.807, 2.05) is 0 Å². The Morgan fingerprint density at radius 2 is 1.93 bits per heavy atom. The van der Waals surface area contributed by atoms with Crippen LogP contribution < -0.4 is 18.9 Å². The molecule has 1 N–H and O–H groups in total. The predicted octanol–water partition coefficient (Wildman–Crippen LogP) is 1.68. The molecule has 1 heterocycles. The molecule has 1 aliphatic heterocycles. The first-order valence-electron chi connectivity index (χ1n) is 7.68. The van der Waals surface area contributed by atoms with Crippen LogP contribution in [-0.2, 0) is 10.0 Å². The van der Waals surface area contributed by atoms with Gasteiger partial charge in [0, 0.05) is 12.1 Å². The Balaban J connectivity index is 1.54. The summed E-state index contributed by atoms with van der Waals surface area (Å²) in [5.41, 5.74) is -0.496. The van der Waals surface area contributed by atoms with Crippen LogP contribution in [0.5, 0.6) is 17.2 Å². The molecule has 0 radical (unpaired) electrons. The van der Waals surface area contributed by atoms with Gasteiger partial charge in [0.1, 0.15) is 12.4 Å². The Labute approximate surface area is 155 Å². The van der Waals surface area contributed by atoms with Crippen molar-refractivity contribution < 1.29 is 27.6 Å². The zero-order chi connectivity index (χ0) is 19.3. The molecule has 9 nitrogen and oxygen atoms in total. The van der Waals surface area contributed by atoms with E-state index < -0.39 is 25.5 Å². The van der Waals surface area contributed by atoms with Crippen molar-refractivity contribution in [3.05, 3.63) is 52.6 Å².